The van der Waals surface area contributed by atoms with Crippen molar-refractivity contribution in [3.8, 4) is 0 Å². The zero-order valence-electron chi connectivity index (χ0n) is 9.48. The Kier molecular flexibility index (Phi) is 3.26. The molecule has 1 amide bonds. The third-order valence-corrected chi connectivity index (χ3v) is 3.76. The Bertz CT molecular complexity index is 236. The predicted octanol–water partition coefficient (Wildman–Crippen LogP) is 0.0303. The maximum atomic E-state index is 11.2. The molecule has 15 heavy (non-hydrogen) atoms. The molecule has 2 fully saturated rings. The summed E-state index contributed by atoms with van der Waals surface area (Å²) in [4.78, 5) is 15.6. The molecule has 4 heteroatoms. The van der Waals surface area contributed by atoms with E-state index in [1.165, 1.54) is 12.8 Å². The van der Waals surface area contributed by atoms with E-state index in [9.17, 15) is 4.79 Å². The highest BCUT2D eigenvalue weighted by atomic mass is 16.2. The molecule has 0 aromatic rings. The second kappa shape index (κ2) is 4.49. The fraction of sp³-hybridized carbons (Fsp3) is 0.909. The second-order valence-corrected chi connectivity index (χ2v) is 4.70. The van der Waals surface area contributed by atoms with Gasteiger partial charge in [0.05, 0.1) is 0 Å². The van der Waals surface area contributed by atoms with E-state index in [1.54, 1.807) is 6.92 Å². The minimum absolute atomic E-state index is 0.199. The van der Waals surface area contributed by atoms with Crippen LogP contribution >= 0.6 is 0 Å². The van der Waals surface area contributed by atoms with Gasteiger partial charge in [-0.3, -0.25) is 9.69 Å². The van der Waals surface area contributed by atoms with Crippen LogP contribution in [0, 0.1) is 0 Å². The summed E-state index contributed by atoms with van der Waals surface area (Å²) >= 11 is 0. The lowest BCUT2D eigenvalue weighted by molar-refractivity contribution is -0.130. The van der Waals surface area contributed by atoms with Crippen LogP contribution in [0.15, 0.2) is 0 Å². The van der Waals surface area contributed by atoms with E-state index in [1.807, 2.05) is 4.90 Å². The third kappa shape index (κ3) is 2.32. The molecule has 2 atom stereocenters. The fourth-order valence-electron chi connectivity index (χ4n) is 2.79. The highest BCUT2D eigenvalue weighted by Crippen LogP contribution is 2.23. The number of nitrogens with zero attached hydrogens (tertiary/aromatic N) is 2. The van der Waals surface area contributed by atoms with Crippen LogP contribution < -0.4 is 5.73 Å². The van der Waals surface area contributed by atoms with Crippen LogP contribution in [0.3, 0.4) is 0 Å². The van der Waals surface area contributed by atoms with Crippen molar-refractivity contribution in [3.05, 3.63) is 0 Å². The predicted molar refractivity (Wildman–Crippen MR) is 59.4 cm³/mol. The van der Waals surface area contributed by atoms with Gasteiger partial charge >= 0.3 is 0 Å². The van der Waals surface area contributed by atoms with Crippen LogP contribution in [0.1, 0.15) is 26.2 Å². The van der Waals surface area contributed by atoms with Crippen LogP contribution in [0.4, 0.5) is 0 Å². The molecule has 0 bridgehead atoms. The van der Waals surface area contributed by atoms with Gasteiger partial charge in [-0.25, -0.2) is 0 Å². The fourth-order valence-corrected chi connectivity index (χ4v) is 2.79. The lowest BCUT2D eigenvalue weighted by Gasteiger charge is -2.39. The molecule has 2 N–H and O–H groups in total. The molecule has 0 aromatic carbocycles. The zero-order valence-corrected chi connectivity index (χ0v) is 9.48. The third-order valence-electron chi connectivity index (χ3n) is 3.76. The molecule has 0 aromatic heterocycles. The van der Waals surface area contributed by atoms with Gasteiger partial charge in [0.25, 0.3) is 0 Å². The minimum Gasteiger partial charge on any atom is -0.340 e. The van der Waals surface area contributed by atoms with Gasteiger partial charge in [-0.15, -0.1) is 0 Å². The molecule has 1 aliphatic carbocycles. The van der Waals surface area contributed by atoms with Crippen LogP contribution in [0.25, 0.3) is 0 Å². The van der Waals surface area contributed by atoms with E-state index in [0.717, 1.165) is 32.6 Å². The Hall–Kier alpha value is -0.610. The lowest BCUT2D eigenvalue weighted by Crippen LogP contribution is -2.54. The Morgan fingerprint density at radius 3 is 2.33 bits per heavy atom. The molecule has 4 nitrogen and oxygen atoms in total. The maximum Gasteiger partial charge on any atom is 0.219 e. The van der Waals surface area contributed by atoms with E-state index < -0.39 is 0 Å². The summed E-state index contributed by atoms with van der Waals surface area (Å²) in [5, 5.41) is 0. The molecule has 1 saturated carbocycles. The normalized spacial score (nSPS) is 33.3. The highest BCUT2D eigenvalue weighted by molar-refractivity contribution is 5.73. The minimum atomic E-state index is 0.199. The van der Waals surface area contributed by atoms with Crippen molar-refractivity contribution in [2.24, 2.45) is 5.73 Å². The van der Waals surface area contributed by atoms with E-state index in [0.29, 0.717) is 12.1 Å². The Balaban J connectivity index is 1.85. The average molecular weight is 211 g/mol. The van der Waals surface area contributed by atoms with Gasteiger partial charge in [0, 0.05) is 45.2 Å². The molecule has 2 rings (SSSR count). The second-order valence-electron chi connectivity index (χ2n) is 4.70. The van der Waals surface area contributed by atoms with Crippen molar-refractivity contribution in [2.45, 2.75) is 38.3 Å². The Labute approximate surface area is 91.4 Å². The number of piperazine rings is 1. The highest BCUT2D eigenvalue weighted by Gasteiger charge is 2.31. The number of hydrogen-bond acceptors (Lipinski definition) is 3. The molecule has 1 heterocycles. The SMILES string of the molecule is CC(=O)N1CCN(C2CCCC2N)CC1. The number of nitrogens with two attached hydrogens (primary N) is 1. The van der Waals surface area contributed by atoms with Gasteiger partial charge in [0.1, 0.15) is 0 Å². The van der Waals surface area contributed by atoms with Crippen LogP contribution in [0.5, 0.6) is 0 Å². The molecule has 1 saturated heterocycles. The molecular weight excluding hydrogens is 190 g/mol. The number of carbonyl (C=O) groups is 1. The summed E-state index contributed by atoms with van der Waals surface area (Å²) in [7, 11) is 0. The van der Waals surface area contributed by atoms with Crippen molar-refractivity contribution in [2.75, 3.05) is 26.2 Å². The van der Waals surface area contributed by atoms with Gasteiger partial charge < -0.3 is 10.6 Å². The quantitative estimate of drug-likeness (QED) is 0.666. The lowest BCUT2D eigenvalue weighted by atomic mass is 10.1. The van der Waals surface area contributed by atoms with Crippen molar-refractivity contribution in [1.82, 2.24) is 9.80 Å². The van der Waals surface area contributed by atoms with Gasteiger partial charge in [0.2, 0.25) is 5.91 Å². The first kappa shape index (κ1) is 10.9. The van der Waals surface area contributed by atoms with Gasteiger partial charge in [-0.1, -0.05) is 6.42 Å². The average Bonchev–Trinajstić information content (AvgIpc) is 2.65. The summed E-state index contributed by atoms with van der Waals surface area (Å²) in [6.45, 7) is 5.39. The van der Waals surface area contributed by atoms with Gasteiger partial charge in [-0.05, 0) is 12.8 Å². The van der Waals surface area contributed by atoms with Crippen LogP contribution in [-0.4, -0.2) is 54.0 Å². The molecule has 86 valence electrons. The van der Waals surface area contributed by atoms with Crippen molar-refractivity contribution in [3.63, 3.8) is 0 Å². The first-order valence-electron chi connectivity index (χ1n) is 5.93. The molecule has 1 aliphatic heterocycles. The topological polar surface area (TPSA) is 49.6 Å². The monoisotopic (exact) mass is 211 g/mol. The van der Waals surface area contributed by atoms with E-state index in [4.69, 9.17) is 5.73 Å². The summed E-state index contributed by atoms with van der Waals surface area (Å²) in [5.41, 5.74) is 6.08. The molecule has 0 spiro atoms. The van der Waals surface area contributed by atoms with Crippen LogP contribution in [0.2, 0.25) is 0 Å². The van der Waals surface area contributed by atoms with Gasteiger partial charge in [0.15, 0.2) is 0 Å². The summed E-state index contributed by atoms with van der Waals surface area (Å²) in [5.74, 6) is 0.199. The summed E-state index contributed by atoms with van der Waals surface area (Å²) < 4.78 is 0. The summed E-state index contributed by atoms with van der Waals surface area (Å²) in [6.07, 6.45) is 3.66. The molecule has 2 aliphatic rings. The Morgan fingerprint density at radius 2 is 1.87 bits per heavy atom. The number of carbonyl (C=O) groups excluding carboxylic acids is 1. The largest absolute Gasteiger partial charge is 0.340 e. The standard InChI is InChI=1S/C11H21N3O/c1-9(15)13-5-7-14(8-6-13)11-4-2-3-10(11)12/h10-11H,2-8,12H2,1H3. The number of amides is 1. The molecular formula is C11H21N3O. The van der Waals surface area contributed by atoms with Gasteiger partial charge in [-0.2, -0.15) is 0 Å². The zero-order chi connectivity index (χ0) is 10.8. The molecule has 2 unspecified atom stereocenters. The van der Waals surface area contributed by atoms with E-state index in [-0.39, 0.29) is 5.91 Å². The van der Waals surface area contributed by atoms with E-state index >= 15 is 0 Å². The maximum absolute atomic E-state index is 11.2. The Morgan fingerprint density at radius 1 is 1.20 bits per heavy atom. The number of hydrogen-bond donors (Lipinski definition) is 1. The van der Waals surface area contributed by atoms with Crippen LogP contribution in [-0.2, 0) is 4.79 Å². The van der Waals surface area contributed by atoms with Crippen molar-refractivity contribution >= 4 is 5.91 Å². The first-order valence-corrected chi connectivity index (χ1v) is 5.93. The van der Waals surface area contributed by atoms with Crippen molar-refractivity contribution in [1.29, 1.82) is 0 Å². The number of rotatable bonds is 1. The summed E-state index contributed by atoms with van der Waals surface area (Å²) in [6, 6.07) is 0.924. The van der Waals surface area contributed by atoms with E-state index in [2.05, 4.69) is 4.90 Å². The van der Waals surface area contributed by atoms with Crippen molar-refractivity contribution < 1.29 is 4.79 Å². The smallest absolute Gasteiger partial charge is 0.219 e. The first-order chi connectivity index (χ1) is 7.18. The molecule has 0 radical (unpaired) electrons.